The molecular formula is C19H28N2O4. The van der Waals surface area contributed by atoms with Crippen LogP contribution in [0.2, 0.25) is 0 Å². The normalized spacial score (nSPS) is 21.7. The topological polar surface area (TPSA) is 78.9 Å². The van der Waals surface area contributed by atoms with Gasteiger partial charge in [-0.2, -0.15) is 0 Å². The van der Waals surface area contributed by atoms with Crippen molar-refractivity contribution in [2.45, 2.75) is 33.2 Å². The lowest BCUT2D eigenvalue weighted by molar-refractivity contribution is -0.143. The number of hydrogen-bond acceptors (Lipinski definition) is 3. The van der Waals surface area contributed by atoms with Gasteiger partial charge < -0.3 is 20.1 Å². The minimum absolute atomic E-state index is 0.140. The first-order valence-electron chi connectivity index (χ1n) is 8.74. The van der Waals surface area contributed by atoms with E-state index < -0.39 is 11.9 Å². The van der Waals surface area contributed by atoms with Gasteiger partial charge in [-0.1, -0.05) is 32.9 Å². The molecule has 1 aliphatic heterocycles. The van der Waals surface area contributed by atoms with E-state index in [1.165, 1.54) is 0 Å². The van der Waals surface area contributed by atoms with Crippen molar-refractivity contribution in [3.05, 3.63) is 29.8 Å². The first-order valence-corrected chi connectivity index (χ1v) is 8.74. The number of likely N-dealkylation sites (tertiary alicyclic amines) is 1. The van der Waals surface area contributed by atoms with Gasteiger partial charge in [-0.3, -0.25) is 4.79 Å². The monoisotopic (exact) mass is 348 g/mol. The van der Waals surface area contributed by atoms with Gasteiger partial charge in [-0.15, -0.1) is 0 Å². The summed E-state index contributed by atoms with van der Waals surface area (Å²) < 4.78 is 5.18. The van der Waals surface area contributed by atoms with Gasteiger partial charge >= 0.3 is 12.0 Å². The molecule has 1 heterocycles. The smallest absolute Gasteiger partial charge is 0.317 e. The number of aliphatic carboxylic acids is 1. The van der Waals surface area contributed by atoms with E-state index in [1.54, 1.807) is 12.0 Å². The number of ether oxygens (including phenoxy) is 1. The number of nitrogens with one attached hydrogen (secondary N) is 1. The van der Waals surface area contributed by atoms with Crippen LogP contribution in [0.3, 0.4) is 0 Å². The molecule has 2 N–H and O–H groups in total. The Hall–Kier alpha value is -2.24. The van der Waals surface area contributed by atoms with E-state index >= 15 is 0 Å². The molecule has 0 spiro atoms. The van der Waals surface area contributed by atoms with Crippen molar-refractivity contribution in [3.63, 3.8) is 0 Å². The van der Waals surface area contributed by atoms with Crippen LogP contribution in [-0.4, -0.2) is 42.2 Å². The van der Waals surface area contributed by atoms with Crippen LogP contribution < -0.4 is 10.1 Å². The third-order valence-electron chi connectivity index (χ3n) is 4.72. The molecule has 0 bridgehead atoms. The first-order chi connectivity index (χ1) is 11.8. The number of rotatable bonds is 5. The number of carbonyl (C=O) groups is 2. The Morgan fingerprint density at radius 2 is 1.88 bits per heavy atom. The lowest BCUT2D eigenvalue weighted by atomic mass is 9.90. The van der Waals surface area contributed by atoms with E-state index in [9.17, 15) is 14.7 Å². The maximum absolute atomic E-state index is 12.7. The standard InChI is InChI=1S/C19H28N2O4/c1-12(2)17(14-5-7-16(25-4)8-6-14)20-19(24)21-10-13(3)9-15(11-21)18(22)23/h5-8,12-13,15,17H,9-11H2,1-4H3,(H,20,24)(H,22,23). The molecule has 1 saturated heterocycles. The molecule has 3 unspecified atom stereocenters. The molecule has 3 atom stereocenters. The molecule has 6 heteroatoms. The fourth-order valence-electron chi connectivity index (χ4n) is 3.37. The number of carboxylic acid groups (broad SMARTS) is 1. The molecule has 0 radical (unpaired) electrons. The Morgan fingerprint density at radius 3 is 2.40 bits per heavy atom. The van der Waals surface area contributed by atoms with E-state index in [1.807, 2.05) is 45.0 Å². The number of carboxylic acids is 1. The summed E-state index contributed by atoms with van der Waals surface area (Å²) in [5, 5.41) is 12.4. The van der Waals surface area contributed by atoms with Gasteiger partial charge in [-0.25, -0.2) is 4.79 Å². The van der Waals surface area contributed by atoms with Gasteiger partial charge in [0.15, 0.2) is 0 Å². The number of nitrogens with zero attached hydrogens (tertiary/aromatic N) is 1. The molecule has 0 aromatic heterocycles. The molecular weight excluding hydrogens is 320 g/mol. The van der Waals surface area contributed by atoms with Gasteiger partial charge in [0, 0.05) is 13.1 Å². The minimum atomic E-state index is -0.833. The summed E-state index contributed by atoms with van der Waals surface area (Å²) >= 11 is 0. The van der Waals surface area contributed by atoms with Crippen LogP contribution in [0, 0.1) is 17.8 Å². The van der Waals surface area contributed by atoms with Crippen LogP contribution in [0.25, 0.3) is 0 Å². The lowest BCUT2D eigenvalue weighted by Crippen LogP contribution is -2.50. The van der Waals surface area contributed by atoms with E-state index in [0.717, 1.165) is 11.3 Å². The molecule has 1 aromatic rings. The van der Waals surface area contributed by atoms with Crippen molar-refractivity contribution >= 4 is 12.0 Å². The van der Waals surface area contributed by atoms with Crippen LogP contribution in [0.5, 0.6) is 5.75 Å². The number of methoxy groups -OCH3 is 1. The third kappa shape index (κ3) is 4.87. The van der Waals surface area contributed by atoms with E-state index in [0.29, 0.717) is 13.0 Å². The zero-order valence-corrected chi connectivity index (χ0v) is 15.4. The fourth-order valence-corrected chi connectivity index (χ4v) is 3.37. The number of amides is 2. The summed E-state index contributed by atoms with van der Waals surface area (Å²) in [5.41, 5.74) is 1.00. The minimum Gasteiger partial charge on any atom is -0.497 e. The van der Waals surface area contributed by atoms with Crippen LogP contribution in [0.1, 0.15) is 38.8 Å². The Labute approximate surface area is 149 Å². The lowest BCUT2D eigenvalue weighted by Gasteiger charge is -2.36. The van der Waals surface area contributed by atoms with Crippen LogP contribution in [0.15, 0.2) is 24.3 Å². The summed E-state index contributed by atoms with van der Waals surface area (Å²) in [6.07, 6.45) is 0.616. The zero-order chi connectivity index (χ0) is 18.6. The second-order valence-electron chi connectivity index (χ2n) is 7.23. The van der Waals surface area contributed by atoms with Crippen LogP contribution in [-0.2, 0) is 4.79 Å². The summed E-state index contributed by atoms with van der Waals surface area (Å²) in [6, 6.07) is 7.30. The third-order valence-corrected chi connectivity index (χ3v) is 4.72. The Balaban J connectivity index is 2.10. The van der Waals surface area contributed by atoms with Gasteiger partial charge in [0.05, 0.1) is 19.1 Å². The molecule has 138 valence electrons. The molecule has 25 heavy (non-hydrogen) atoms. The van der Waals surface area contributed by atoms with Crippen molar-refractivity contribution in [3.8, 4) is 5.75 Å². The molecule has 2 rings (SSSR count). The van der Waals surface area contributed by atoms with Crippen molar-refractivity contribution in [2.24, 2.45) is 17.8 Å². The zero-order valence-electron chi connectivity index (χ0n) is 15.4. The quantitative estimate of drug-likeness (QED) is 0.857. The Morgan fingerprint density at radius 1 is 1.24 bits per heavy atom. The Kier molecular flexibility index (Phi) is 6.28. The summed E-state index contributed by atoms with van der Waals surface area (Å²) in [4.78, 5) is 25.7. The SMILES string of the molecule is COc1ccc(C(NC(=O)N2CC(C)CC(C(=O)O)C2)C(C)C)cc1. The van der Waals surface area contributed by atoms with Crippen LogP contribution >= 0.6 is 0 Å². The van der Waals surface area contributed by atoms with Gasteiger partial charge in [0.1, 0.15) is 5.75 Å². The van der Waals surface area contributed by atoms with Crippen molar-refractivity contribution in [1.82, 2.24) is 10.2 Å². The molecule has 1 aliphatic rings. The van der Waals surface area contributed by atoms with Crippen molar-refractivity contribution < 1.29 is 19.4 Å². The highest BCUT2D eigenvalue weighted by Gasteiger charge is 2.33. The molecule has 0 aliphatic carbocycles. The second-order valence-corrected chi connectivity index (χ2v) is 7.23. The van der Waals surface area contributed by atoms with E-state index in [2.05, 4.69) is 5.32 Å². The average Bonchev–Trinajstić information content (AvgIpc) is 2.58. The summed E-state index contributed by atoms with van der Waals surface area (Å²) in [7, 11) is 1.62. The number of piperidine rings is 1. The fraction of sp³-hybridized carbons (Fsp3) is 0.579. The van der Waals surface area contributed by atoms with Gasteiger partial charge in [-0.05, 0) is 36.0 Å². The predicted molar refractivity (Wildman–Crippen MR) is 95.6 cm³/mol. The second kappa shape index (κ2) is 8.23. The molecule has 2 amide bonds. The Bertz CT molecular complexity index is 600. The highest BCUT2D eigenvalue weighted by atomic mass is 16.5. The van der Waals surface area contributed by atoms with Crippen molar-refractivity contribution in [1.29, 1.82) is 0 Å². The summed E-state index contributed by atoms with van der Waals surface area (Å²) in [6.45, 7) is 6.93. The van der Waals surface area contributed by atoms with Crippen LogP contribution in [0.4, 0.5) is 4.79 Å². The van der Waals surface area contributed by atoms with E-state index in [4.69, 9.17) is 4.74 Å². The maximum atomic E-state index is 12.7. The summed E-state index contributed by atoms with van der Waals surface area (Å²) in [5.74, 6) is -0.173. The maximum Gasteiger partial charge on any atom is 0.317 e. The number of urea groups is 1. The van der Waals surface area contributed by atoms with Crippen molar-refractivity contribution in [2.75, 3.05) is 20.2 Å². The highest BCUT2D eigenvalue weighted by molar-refractivity contribution is 5.77. The molecule has 1 aromatic carbocycles. The highest BCUT2D eigenvalue weighted by Crippen LogP contribution is 2.26. The molecule has 1 fully saturated rings. The molecule has 6 nitrogen and oxygen atoms in total. The largest absolute Gasteiger partial charge is 0.497 e. The average molecular weight is 348 g/mol. The van der Waals surface area contributed by atoms with Gasteiger partial charge in [0.2, 0.25) is 0 Å². The number of carbonyl (C=O) groups excluding carboxylic acids is 1. The predicted octanol–water partition coefficient (Wildman–Crippen LogP) is 3.14. The number of benzene rings is 1. The van der Waals surface area contributed by atoms with Gasteiger partial charge in [0.25, 0.3) is 0 Å². The van der Waals surface area contributed by atoms with E-state index in [-0.39, 0.29) is 30.5 Å². The molecule has 0 saturated carbocycles. The first kappa shape index (κ1) is 19.1. The number of hydrogen-bond donors (Lipinski definition) is 2.